The van der Waals surface area contributed by atoms with Crippen LogP contribution >= 0.6 is 0 Å². The zero-order valence-electron chi connectivity index (χ0n) is 14.7. The molecule has 1 aliphatic rings. The summed E-state index contributed by atoms with van der Waals surface area (Å²) in [4.78, 5) is 0. The predicted molar refractivity (Wildman–Crippen MR) is 92.2 cm³/mol. The maximum Gasteiger partial charge on any atom is 0.304 e. The van der Waals surface area contributed by atoms with E-state index in [0.717, 1.165) is 11.5 Å². The molecular formula is C20H22ClN3O. The van der Waals surface area contributed by atoms with Crippen LogP contribution in [0.2, 0.25) is 0 Å². The summed E-state index contributed by atoms with van der Waals surface area (Å²) in [7, 11) is 0. The van der Waals surface area contributed by atoms with Gasteiger partial charge in [0.2, 0.25) is 6.33 Å². The number of halogens is 1. The number of benzene rings is 2. The van der Waals surface area contributed by atoms with Crippen LogP contribution in [-0.2, 0) is 11.3 Å². The standard InChI is InChI=1S/C20H22N3O.ClH/c1-14-9-15(2)20(16(3)10-14)23-13-22-18(11-24-12-19(22)21-23)17-7-5-4-6-8-17;/h4-10,13,18H,11-12H2,1-3H3;1H/q+1;/p-1/t18-;/m0./s1. The number of ether oxygens (including phenoxy) is 1. The number of hydrogen-bond donors (Lipinski definition) is 0. The molecule has 4 rings (SSSR count). The van der Waals surface area contributed by atoms with E-state index in [1.807, 2.05) is 10.7 Å². The van der Waals surface area contributed by atoms with E-state index in [4.69, 9.17) is 9.84 Å². The first-order valence-electron chi connectivity index (χ1n) is 8.34. The van der Waals surface area contributed by atoms with Crippen LogP contribution in [0.15, 0.2) is 48.8 Å². The SMILES string of the molecule is Cc1cc(C)c(-n2c[n+]3c(n2)COC[C@H]3c2ccccc2)c(C)c1.[Cl-]. The van der Waals surface area contributed by atoms with Gasteiger partial charge in [-0.3, -0.25) is 0 Å². The maximum absolute atomic E-state index is 5.80. The van der Waals surface area contributed by atoms with Gasteiger partial charge >= 0.3 is 5.82 Å². The van der Waals surface area contributed by atoms with Crippen LogP contribution in [-0.4, -0.2) is 16.4 Å². The van der Waals surface area contributed by atoms with Crippen molar-refractivity contribution in [3.05, 3.63) is 76.9 Å². The lowest BCUT2D eigenvalue weighted by Gasteiger charge is -2.20. The van der Waals surface area contributed by atoms with Gasteiger partial charge in [-0.05, 0) is 37.5 Å². The molecule has 3 aromatic rings. The lowest BCUT2D eigenvalue weighted by Crippen LogP contribution is -3.00. The van der Waals surface area contributed by atoms with E-state index in [0.29, 0.717) is 13.2 Å². The number of hydrogen-bond acceptors (Lipinski definition) is 2. The van der Waals surface area contributed by atoms with E-state index in [1.54, 1.807) is 0 Å². The van der Waals surface area contributed by atoms with Gasteiger partial charge in [0.25, 0.3) is 0 Å². The molecular weight excluding hydrogens is 334 g/mol. The summed E-state index contributed by atoms with van der Waals surface area (Å²) < 4.78 is 10.0. The third kappa shape index (κ3) is 3.20. The van der Waals surface area contributed by atoms with Crippen molar-refractivity contribution in [2.45, 2.75) is 33.4 Å². The second-order valence-electron chi connectivity index (χ2n) is 6.57. The molecule has 0 bridgehead atoms. The topological polar surface area (TPSA) is 30.9 Å². The number of fused-ring (bicyclic) bond motifs is 1. The van der Waals surface area contributed by atoms with Crippen molar-refractivity contribution in [2.24, 2.45) is 0 Å². The Morgan fingerprint density at radius 2 is 1.76 bits per heavy atom. The predicted octanol–water partition coefficient (Wildman–Crippen LogP) is 0.209. The molecule has 130 valence electrons. The fourth-order valence-electron chi connectivity index (χ4n) is 3.67. The average Bonchev–Trinajstić information content (AvgIpc) is 2.98. The van der Waals surface area contributed by atoms with Crippen LogP contribution in [0.25, 0.3) is 5.69 Å². The van der Waals surface area contributed by atoms with Crippen LogP contribution in [0.1, 0.15) is 34.1 Å². The second kappa shape index (κ2) is 6.98. The minimum Gasteiger partial charge on any atom is -1.00 e. The first-order chi connectivity index (χ1) is 11.6. The van der Waals surface area contributed by atoms with Gasteiger partial charge in [0.1, 0.15) is 18.3 Å². The highest BCUT2D eigenvalue weighted by Crippen LogP contribution is 2.22. The molecule has 0 amide bonds. The van der Waals surface area contributed by atoms with Gasteiger partial charge in [-0.15, -0.1) is 0 Å². The van der Waals surface area contributed by atoms with Crippen molar-refractivity contribution < 1.29 is 21.7 Å². The highest BCUT2D eigenvalue weighted by atomic mass is 35.5. The molecule has 0 N–H and O–H groups in total. The number of aryl methyl sites for hydroxylation is 3. The average molecular weight is 356 g/mol. The third-order valence-corrected chi connectivity index (χ3v) is 4.65. The monoisotopic (exact) mass is 355 g/mol. The normalized spacial score (nSPS) is 16.2. The summed E-state index contributed by atoms with van der Waals surface area (Å²) in [6.07, 6.45) is 2.11. The summed E-state index contributed by atoms with van der Waals surface area (Å²) in [6, 6.07) is 15.1. The molecule has 0 spiro atoms. The molecule has 0 aliphatic carbocycles. The molecule has 2 aromatic carbocycles. The first-order valence-corrected chi connectivity index (χ1v) is 8.34. The molecule has 1 aromatic heterocycles. The number of aromatic nitrogens is 3. The molecule has 25 heavy (non-hydrogen) atoms. The van der Waals surface area contributed by atoms with Crippen molar-refractivity contribution in [3.63, 3.8) is 0 Å². The van der Waals surface area contributed by atoms with Crippen molar-refractivity contribution in [1.82, 2.24) is 9.78 Å². The Balaban J connectivity index is 0.00000182. The smallest absolute Gasteiger partial charge is 0.304 e. The third-order valence-electron chi connectivity index (χ3n) is 4.65. The molecule has 0 saturated carbocycles. The van der Waals surface area contributed by atoms with Gasteiger partial charge in [0.15, 0.2) is 0 Å². The van der Waals surface area contributed by atoms with Crippen LogP contribution in [0, 0.1) is 20.8 Å². The van der Waals surface area contributed by atoms with Crippen LogP contribution in [0.4, 0.5) is 0 Å². The molecule has 1 atom stereocenters. The fraction of sp³-hybridized carbons (Fsp3) is 0.300. The molecule has 4 nitrogen and oxygen atoms in total. The van der Waals surface area contributed by atoms with Gasteiger partial charge in [-0.25, -0.2) is 4.57 Å². The molecule has 0 unspecified atom stereocenters. The molecule has 0 saturated heterocycles. The minimum atomic E-state index is 0. The molecule has 0 fully saturated rings. The van der Waals surface area contributed by atoms with Crippen molar-refractivity contribution in [3.8, 4) is 5.69 Å². The molecule has 0 radical (unpaired) electrons. The number of rotatable bonds is 2. The zero-order valence-corrected chi connectivity index (χ0v) is 15.5. The summed E-state index contributed by atoms with van der Waals surface area (Å²) >= 11 is 0. The van der Waals surface area contributed by atoms with E-state index in [-0.39, 0.29) is 18.4 Å². The Labute approximate surface area is 154 Å². The van der Waals surface area contributed by atoms with Crippen LogP contribution in [0.5, 0.6) is 0 Å². The van der Waals surface area contributed by atoms with Gasteiger partial charge in [-0.1, -0.05) is 52.7 Å². The summed E-state index contributed by atoms with van der Waals surface area (Å²) in [5.74, 6) is 0.967. The Bertz CT molecular complexity index is 866. The second-order valence-corrected chi connectivity index (χ2v) is 6.57. The van der Waals surface area contributed by atoms with Gasteiger partial charge in [0.05, 0.1) is 6.61 Å². The lowest BCUT2D eigenvalue weighted by molar-refractivity contribution is -0.734. The van der Waals surface area contributed by atoms with Gasteiger partial charge < -0.3 is 17.1 Å². The summed E-state index contributed by atoms with van der Waals surface area (Å²) in [5.41, 5.74) is 6.17. The fourth-order valence-corrected chi connectivity index (χ4v) is 3.67. The van der Waals surface area contributed by atoms with E-state index >= 15 is 0 Å². The maximum atomic E-state index is 5.80. The molecule has 1 aliphatic heterocycles. The Hall–Kier alpha value is -2.17. The van der Waals surface area contributed by atoms with E-state index < -0.39 is 0 Å². The Morgan fingerprint density at radius 3 is 2.44 bits per heavy atom. The zero-order chi connectivity index (χ0) is 16.7. The van der Waals surface area contributed by atoms with Crippen molar-refractivity contribution >= 4 is 0 Å². The first kappa shape index (κ1) is 17.6. The van der Waals surface area contributed by atoms with Gasteiger partial charge in [0, 0.05) is 5.10 Å². The van der Waals surface area contributed by atoms with E-state index in [1.165, 1.54) is 22.3 Å². The Kier molecular flexibility index (Phi) is 4.93. The number of nitrogens with zero attached hydrogens (tertiary/aromatic N) is 3. The summed E-state index contributed by atoms with van der Waals surface area (Å²) in [6.45, 7) is 7.66. The quantitative estimate of drug-likeness (QED) is 0.615. The largest absolute Gasteiger partial charge is 1.00 e. The van der Waals surface area contributed by atoms with Crippen molar-refractivity contribution in [1.29, 1.82) is 0 Å². The summed E-state index contributed by atoms with van der Waals surface area (Å²) in [5, 5.41) is 4.80. The highest BCUT2D eigenvalue weighted by molar-refractivity contribution is 5.48. The lowest BCUT2D eigenvalue weighted by atomic mass is 10.1. The van der Waals surface area contributed by atoms with Crippen LogP contribution in [0.3, 0.4) is 0 Å². The molecule has 5 heteroatoms. The minimum absolute atomic E-state index is 0. The highest BCUT2D eigenvalue weighted by Gasteiger charge is 2.31. The van der Waals surface area contributed by atoms with E-state index in [9.17, 15) is 0 Å². The van der Waals surface area contributed by atoms with Gasteiger partial charge in [-0.2, -0.15) is 0 Å². The van der Waals surface area contributed by atoms with Crippen molar-refractivity contribution in [2.75, 3.05) is 6.61 Å². The van der Waals surface area contributed by atoms with E-state index in [2.05, 4.69) is 68.1 Å². The molecule has 2 heterocycles. The Morgan fingerprint density at radius 1 is 1.08 bits per heavy atom. The van der Waals surface area contributed by atoms with Crippen LogP contribution < -0.4 is 17.0 Å².